The Morgan fingerprint density at radius 3 is 2.50 bits per heavy atom. The second-order valence-corrected chi connectivity index (χ2v) is 9.18. The maximum atomic E-state index is 13.8. The van der Waals surface area contributed by atoms with Crippen molar-refractivity contribution in [1.29, 1.82) is 0 Å². The summed E-state index contributed by atoms with van der Waals surface area (Å²) in [5.41, 5.74) is 7.13. The van der Waals surface area contributed by atoms with Gasteiger partial charge in [0.15, 0.2) is 0 Å². The Hall–Kier alpha value is -2.92. The molecule has 0 bridgehead atoms. The maximum absolute atomic E-state index is 13.8. The highest BCUT2D eigenvalue weighted by atomic mass is 19.1. The Labute approximate surface area is 203 Å². The molecule has 0 unspecified atom stereocenters. The van der Waals surface area contributed by atoms with Gasteiger partial charge < -0.3 is 15.5 Å². The molecule has 3 rings (SSSR count). The number of allylic oxidation sites excluding steroid dienone is 2. The summed E-state index contributed by atoms with van der Waals surface area (Å²) < 4.78 is 13.2. The Balaban J connectivity index is 1.73. The predicted octanol–water partition coefficient (Wildman–Crippen LogP) is 6.61. The van der Waals surface area contributed by atoms with Crippen molar-refractivity contribution < 1.29 is 9.18 Å². The fourth-order valence-electron chi connectivity index (χ4n) is 4.37. The molecular formula is C29H38FN3O. The number of halogens is 1. The first-order chi connectivity index (χ1) is 16.3. The molecule has 2 aromatic carbocycles. The van der Waals surface area contributed by atoms with Crippen LogP contribution in [0.15, 0.2) is 65.5 Å². The van der Waals surface area contributed by atoms with Crippen molar-refractivity contribution in [1.82, 2.24) is 10.2 Å². The number of nitrogens with zero attached hydrogens (tertiary/aromatic N) is 1. The summed E-state index contributed by atoms with van der Waals surface area (Å²) in [5.74, 6) is -0.198. The number of anilines is 1. The van der Waals surface area contributed by atoms with E-state index in [4.69, 9.17) is 0 Å². The van der Waals surface area contributed by atoms with Gasteiger partial charge in [0.1, 0.15) is 11.5 Å². The van der Waals surface area contributed by atoms with E-state index >= 15 is 0 Å². The molecule has 1 atom stereocenters. The molecule has 182 valence electrons. The van der Waals surface area contributed by atoms with Crippen LogP contribution in [0.2, 0.25) is 0 Å². The van der Waals surface area contributed by atoms with Crippen LogP contribution in [-0.2, 0) is 11.3 Å². The summed E-state index contributed by atoms with van der Waals surface area (Å²) in [7, 11) is 0. The van der Waals surface area contributed by atoms with Crippen LogP contribution in [-0.4, -0.2) is 23.4 Å². The van der Waals surface area contributed by atoms with Gasteiger partial charge in [0.2, 0.25) is 0 Å². The topological polar surface area (TPSA) is 44.4 Å². The number of hydrogen-bond acceptors (Lipinski definition) is 3. The van der Waals surface area contributed by atoms with E-state index < -0.39 is 0 Å². The van der Waals surface area contributed by atoms with Crippen molar-refractivity contribution in [3.05, 3.63) is 88.0 Å². The number of aryl methyl sites for hydroxylation is 2. The molecule has 0 fully saturated rings. The Bertz CT molecular complexity index is 1060. The lowest BCUT2D eigenvalue weighted by Gasteiger charge is -2.32. The Morgan fingerprint density at radius 1 is 1.12 bits per heavy atom. The lowest BCUT2D eigenvalue weighted by molar-refractivity contribution is -0.125. The lowest BCUT2D eigenvalue weighted by atomic mass is 9.97. The Morgan fingerprint density at radius 2 is 1.85 bits per heavy atom. The van der Waals surface area contributed by atoms with Crippen LogP contribution in [0.4, 0.5) is 10.1 Å². The smallest absolute Gasteiger partial charge is 0.274 e. The maximum Gasteiger partial charge on any atom is 0.274 e. The van der Waals surface area contributed by atoms with Crippen LogP contribution in [0, 0.1) is 19.7 Å². The summed E-state index contributed by atoms with van der Waals surface area (Å²) in [6.45, 7) is 11.6. The normalized spacial score (nSPS) is 16.5. The number of rotatable bonds is 9. The van der Waals surface area contributed by atoms with Gasteiger partial charge in [0.25, 0.3) is 5.91 Å². The largest absolute Gasteiger partial charge is 0.351 e. The van der Waals surface area contributed by atoms with Crippen LogP contribution >= 0.6 is 0 Å². The first kappa shape index (κ1) is 25.7. The van der Waals surface area contributed by atoms with Gasteiger partial charge in [0, 0.05) is 36.9 Å². The third kappa shape index (κ3) is 6.57. The summed E-state index contributed by atoms with van der Waals surface area (Å²) in [5, 5.41) is 7.05. The first-order valence-electron chi connectivity index (χ1n) is 12.3. The van der Waals surface area contributed by atoms with Crippen LogP contribution in [0.5, 0.6) is 0 Å². The molecule has 0 radical (unpaired) electrons. The van der Waals surface area contributed by atoms with Crippen molar-refractivity contribution in [3.63, 3.8) is 0 Å². The summed E-state index contributed by atoms with van der Waals surface area (Å²) >= 11 is 0. The zero-order valence-corrected chi connectivity index (χ0v) is 21.2. The van der Waals surface area contributed by atoms with E-state index in [-0.39, 0.29) is 17.8 Å². The van der Waals surface area contributed by atoms with E-state index in [9.17, 15) is 9.18 Å². The van der Waals surface area contributed by atoms with Crippen LogP contribution in [0.3, 0.4) is 0 Å². The van der Waals surface area contributed by atoms with E-state index in [1.165, 1.54) is 17.7 Å². The van der Waals surface area contributed by atoms with Gasteiger partial charge in [-0.25, -0.2) is 4.39 Å². The fraction of sp³-hybridized carbons (Fsp3) is 0.414. The minimum absolute atomic E-state index is 0.0206. The number of nitrogens with one attached hydrogen (secondary N) is 2. The van der Waals surface area contributed by atoms with Crippen LogP contribution < -0.4 is 10.6 Å². The number of likely N-dealkylation sites (N-methyl/N-ethyl adjacent to an activating group) is 1. The SMILES string of the molecule is CC/C(C)=C(\Nc1ccc(C)cc1C)C(=O)N(CC)C1=CCC[C@@H](NCc2ccc(F)cc2)C1. The van der Waals surface area contributed by atoms with Crippen molar-refractivity contribution in [2.75, 3.05) is 11.9 Å². The van der Waals surface area contributed by atoms with Gasteiger partial charge in [-0.2, -0.15) is 0 Å². The van der Waals surface area contributed by atoms with Crippen molar-refractivity contribution in [3.8, 4) is 0 Å². The molecule has 0 heterocycles. The molecule has 0 saturated carbocycles. The molecular weight excluding hydrogens is 425 g/mol. The average molecular weight is 464 g/mol. The molecule has 0 saturated heterocycles. The molecule has 0 aromatic heterocycles. The van der Waals surface area contributed by atoms with E-state index in [1.54, 1.807) is 0 Å². The molecule has 5 heteroatoms. The second-order valence-electron chi connectivity index (χ2n) is 9.18. The van der Waals surface area contributed by atoms with Crippen molar-refractivity contribution >= 4 is 11.6 Å². The summed E-state index contributed by atoms with van der Waals surface area (Å²) in [6.07, 6.45) is 5.75. The number of carbonyl (C=O) groups is 1. The molecule has 1 aliphatic carbocycles. The highest BCUT2D eigenvalue weighted by molar-refractivity contribution is 5.98. The van der Waals surface area contributed by atoms with E-state index in [2.05, 4.69) is 49.6 Å². The zero-order chi connectivity index (χ0) is 24.7. The average Bonchev–Trinajstić information content (AvgIpc) is 2.83. The van der Waals surface area contributed by atoms with Gasteiger partial charge in [-0.1, -0.05) is 42.8 Å². The van der Waals surface area contributed by atoms with Gasteiger partial charge in [-0.3, -0.25) is 4.79 Å². The molecule has 4 nitrogen and oxygen atoms in total. The molecule has 34 heavy (non-hydrogen) atoms. The third-order valence-electron chi connectivity index (χ3n) is 6.58. The van der Waals surface area contributed by atoms with E-state index in [1.807, 2.05) is 36.9 Å². The van der Waals surface area contributed by atoms with Crippen LogP contribution in [0.1, 0.15) is 63.1 Å². The van der Waals surface area contributed by atoms with Crippen molar-refractivity contribution in [2.24, 2.45) is 0 Å². The van der Waals surface area contributed by atoms with Gasteiger partial charge in [0.05, 0.1) is 0 Å². The predicted molar refractivity (Wildman–Crippen MR) is 139 cm³/mol. The summed E-state index contributed by atoms with van der Waals surface area (Å²) in [6, 6.07) is 13.1. The number of carbonyl (C=O) groups excluding carboxylic acids is 1. The number of benzene rings is 2. The van der Waals surface area contributed by atoms with Crippen molar-refractivity contribution in [2.45, 2.75) is 72.9 Å². The monoisotopic (exact) mass is 463 g/mol. The second kappa shape index (κ2) is 12.0. The van der Waals surface area contributed by atoms with Gasteiger partial charge in [-0.15, -0.1) is 0 Å². The van der Waals surface area contributed by atoms with Gasteiger partial charge >= 0.3 is 0 Å². The van der Waals surface area contributed by atoms with E-state index in [0.717, 1.165) is 53.8 Å². The van der Waals surface area contributed by atoms with Crippen LogP contribution in [0.25, 0.3) is 0 Å². The molecule has 2 aromatic rings. The minimum Gasteiger partial charge on any atom is -0.351 e. The molecule has 1 aliphatic rings. The highest BCUT2D eigenvalue weighted by Gasteiger charge is 2.26. The molecule has 2 N–H and O–H groups in total. The minimum atomic E-state index is -0.218. The quantitative estimate of drug-likeness (QED) is 0.411. The van der Waals surface area contributed by atoms with Gasteiger partial charge in [-0.05, 0) is 81.9 Å². The first-order valence-corrected chi connectivity index (χ1v) is 12.3. The molecule has 1 amide bonds. The standard InChI is InChI=1S/C29H38FN3O/c1-6-21(4)28(32-27-16-11-20(3)17-22(27)5)29(34)33(7-2)26-10-8-9-25(18-26)31-19-23-12-14-24(30)15-13-23/h10-17,25,31-32H,6-9,18-19H2,1-5H3/b28-21-/t25-/m1/s1. The zero-order valence-electron chi connectivity index (χ0n) is 21.2. The highest BCUT2D eigenvalue weighted by Crippen LogP contribution is 2.26. The van der Waals surface area contributed by atoms with E-state index in [0.29, 0.717) is 18.8 Å². The molecule has 0 spiro atoms. The Kier molecular flexibility index (Phi) is 9.05. The summed E-state index contributed by atoms with van der Waals surface area (Å²) in [4.78, 5) is 15.7. The number of hydrogen-bond donors (Lipinski definition) is 2. The lowest BCUT2D eigenvalue weighted by Crippen LogP contribution is -2.39. The third-order valence-corrected chi connectivity index (χ3v) is 6.58. The number of amides is 1. The fourth-order valence-corrected chi connectivity index (χ4v) is 4.37. The molecule has 0 aliphatic heterocycles.